The summed E-state index contributed by atoms with van der Waals surface area (Å²) in [5, 5.41) is 9.78. The Labute approximate surface area is 221 Å². The molecule has 0 unspecified atom stereocenters. The minimum absolute atomic E-state index is 0.286. The lowest BCUT2D eigenvalue weighted by molar-refractivity contribution is 0.154. The predicted octanol–water partition coefficient (Wildman–Crippen LogP) is 5.03. The normalized spacial score (nSPS) is 17.4. The van der Waals surface area contributed by atoms with E-state index in [1.54, 1.807) is 0 Å². The largest absolute Gasteiger partial charge is 0.489 e. The molecule has 2 fully saturated rings. The molecule has 6 heterocycles. The summed E-state index contributed by atoms with van der Waals surface area (Å²) in [6.07, 6.45) is 13.7. The van der Waals surface area contributed by atoms with E-state index in [2.05, 4.69) is 60.2 Å². The van der Waals surface area contributed by atoms with Crippen molar-refractivity contribution in [2.24, 2.45) is 0 Å². The van der Waals surface area contributed by atoms with Crippen molar-refractivity contribution in [1.82, 2.24) is 35.0 Å². The third-order valence-electron chi connectivity index (χ3n) is 7.91. The summed E-state index contributed by atoms with van der Waals surface area (Å²) in [6, 6.07) is 8.41. The van der Waals surface area contributed by atoms with Gasteiger partial charge in [-0.05, 0) is 57.0 Å². The van der Waals surface area contributed by atoms with Gasteiger partial charge in [0.2, 0.25) is 0 Å². The van der Waals surface area contributed by atoms with Crippen LogP contribution >= 0.6 is 0 Å². The van der Waals surface area contributed by atoms with Gasteiger partial charge in [0.1, 0.15) is 11.6 Å². The van der Waals surface area contributed by atoms with Gasteiger partial charge < -0.3 is 19.5 Å². The van der Waals surface area contributed by atoms with E-state index in [1.165, 1.54) is 19.3 Å². The van der Waals surface area contributed by atoms with E-state index in [-0.39, 0.29) is 6.10 Å². The molecule has 194 valence electrons. The highest BCUT2D eigenvalue weighted by Crippen LogP contribution is 2.34. The Morgan fingerprint density at radius 2 is 1.74 bits per heavy atom. The predicted molar refractivity (Wildman–Crippen MR) is 149 cm³/mol. The average molecular weight is 509 g/mol. The first-order valence-electron chi connectivity index (χ1n) is 13.6. The molecule has 9 heteroatoms. The van der Waals surface area contributed by atoms with Crippen molar-refractivity contribution in [3.8, 4) is 28.3 Å². The molecular formula is C29H32N8O. The second-order valence-corrected chi connectivity index (χ2v) is 10.6. The van der Waals surface area contributed by atoms with Crippen molar-refractivity contribution < 1.29 is 4.74 Å². The number of aromatic nitrogens is 6. The van der Waals surface area contributed by atoms with Gasteiger partial charge in [-0.1, -0.05) is 6.42 Å². The minimum atomic E-state index is 0.286. The highest BCUT2D eigenvalue weighted by atomic mass is 16.5. The van der Waals surface area contributed by atoms with E-state index in [1.807, 2.05) is 30.9 Å². The van der Waals surface area contributed by atoms with E-state index < -0.39 is 0 Å². The maximum absolute atomic E-state index is 6.26. The molecule has 0 amide bonds. The fourth-order valence-corrected chi connectivity index (χ4v) is 5.72. The number of H-pyrrole nitrogens is 2. The number of pyridine rings is 3. The molecule has 1 aliphatic heterocycles. The van der Waals surface area contributed by atoms with Crippen LogP contribution in [0.25, 0.3) is 44.5 Å². The lowest BCUT2D eigenvalue weighted by Crippen LogP contribution is -2.44. The number of anilines is 1. The summed E-state index contributed by atoms with van der Waals surface area (Å²) in [6.45, 7) is 4.02. The van der Waals surface area contributed by atoms with Crippen LogP contribution in [0.2, 0.25) is 0 Å². The molecule has 5 aromatic rings. The van der Waals surface area contributed by atoms with Crippen molar-refractivity contribution in [2.75, 3.05) is 38.1 Å². The van der Waals surface area contributed by atoms with Crippen molar-refractivity contribution in [2.45, 2.75) is 38.2 Å². The molecule has 2 N–H and O–H groups in total. The Morgan fingerprint density at radius 3 is 2.61 bits per heavy atom. The van der Waals surface area contributed by atoms with Crippen molar-refractivity contribution in [3.63, 3.8) is 0 Å². The summed E-state index contributed by atoms with van der Waals surface area (Å²) in [7, 11) is 2.17. The lowest BCUT2D eigenvalue weighted by atomic mass is 9.98. The van der Waals surface area contributed by atoms with E-state index in [0.717, 1.165) is 89.4 Å². The Bertz CT molecular complexity index is 1580. The number of piperazine rings is 1. The molecule has 1 saturated heterocycles. The molecular weight excluding hydrogens is 476 g/mol. The van der Waals surface area contributed by atoms with Crippen LogP contribution in [-0.2, 0) is 0 Å². The Morgan fingerprint density at radius 1 is 0.895 bits per heavy atom. The topological polar surface area (TPSA) is 98.8 Å². The van der Waals surface area contributed by atoms with Crippen LogP contribution in [0.3, 0.4) is 0 Å². The van der Waals surface area contributed by atoms with Crippen LogP contribution in [0.5, 0.6) is 5.75 Å². The van der Waals surface area contributed by atoms with Crippen LogP contribution < -0.4 is 9.64 Å². The number of hydrogen-bond donors (Lipinski definition) is 2. The maximum atomic E-state index is 6.26. The first-order chi connectivity index (χ1) is 18.7. The molecule has 5 aromatic heterocycles. The quantitative estimate of drug-likeness (QED) is 0.344. The summed E-state index contributed by atoms with van der Waals surface area (Å²) in [5.41, 5.74) is 5.60. The lowest BCUT2D eigenvalue weighted by Gasteiger charge is -2.33. The summed E-state index contributed by atoms with van der Waals surface area (Å²) < 4.78 is 6.26. The number of hydrogen-bond acceptors (Lipinski definition) is 7. The second-order valence-electron chi connectivity index (χ2n) is 10.6. The van der Waals surface area contributed by atoms with Crippen molar-refractivity contribution in [3.05, 3.63) is 49.1 Å². The second kappa shape index (κ2) is 9.72. The zero-order valence-corrected chi connectivity index (χ0v) is 21.7. The first kappa shape index (κ1) is 23.2. The van der Waals surface area contributed by atoms with Gasteiger partial charge in [0, 0.05) is 66.7 Å². The number of aromatic amines is 2. The molecule has 1 saturated carbocycles. The molecule has 0 radical (unpaired) electrons. The number of nitrogens with one attached hydrogen (secondary N) is 2. The Balaban J connectivity index is 1.22. The zero-order valence-electron chi connectivity index (χ0n) is 21.7. The first-order valence-corrected chi connectivity index (χ1v) is 13.6. The van der Waals surface area contributed by atoms with Crippen molar-refractivity contribution >= 4 is 27.8 Å². The third kappa shape index (κ3) is 4.36. The van der Waals surface area contributed by atoms with Gasteiger partial charge in [0.05, 0.1) is 29.2 Å². The van der Waals surface area contributed by atoms with Gasteiger partial charge in [0.15, 0.2) is 5.65 Å². The molecule has 38 heavy (non-hydrogen) atoms. The fourth-order valence-electron chi connectivity index (χ4n) is 5.72. The van der Waals surface area contributed by atoms with Crippen LogP contribution in [-0.4, -0.2) is 74.4 Å². The number of likely N-dealkylation sites (N-methyl/N-ethyl adjacent to an activating group) is 1. The van der Waals surface area contributed by atoms with E-state index >= 15 is 0 Å². The SMILES string of the molecule is CN1CCN(c2nccc3[nH]c(-c4[nH]nc5ncc(-c6cncc(OC7CCCCC7)c6)cc45)cc23)CC1. The summed E-state index contributed by atoms with van der Waals surface area (Å²) in [4.78, 5) is 22.2. The van der Waals surface area contributed by atoms with Crippen LogP contribution in [0.1, 0.15) is 32.1 Å². The smallest absolute Gasteiger partial charge is 0.181 e. The number of ether oxygens (including phenoxy) is 1. The molecule has 1 aliphatic carbocycles. The summed E-state index contributed by atoms with van der Waals surface area (Å²) >= 11 is 0. The molecule has 0 bridgehead atoms. The highest BCUT2D eigenvalue weighted by molar-refractivity contribution is 5.99. The molecule has 2 aliphatic rings. The summed E-state index contributed by atoms with van der Waals surface area (Å²) in [5.74, 6) is 1.85. The van der Waals surface area contributed by atoms with E-state index in [4.69, 9.17) is 9.72 Å². The average Bonchev–Trinajstić information content (AvgIpc) is 3.58. The number of fused-ring (bicyclic) bond motifs is 2. The minimum Gasteiger partial charge on any atom is -0.489 e. The Kier molecular flexibility index (Phi) is 5.92. The zero-order chi connectivity index (χ0) is 25.5. The van der Waals surface area contributed by atoms with Crippen LogP contribution in [0.15, 0.2) is 49.1 Å². The molecule has 9 nitrogen and oxygen atoms in total. The van der Waals surface area contributed by atoms with Gasteiger partial charge in [-0.25, -0.2) is 9.97 Å². The number of nitrogens with zero attached hydrogens (tertiary/aromatic N) is 6. The monoisotopic (exact) mass is 508 g/mol. The Hall–Kier alpha value is -3.98. The maximum Gasteiger partial charge on any atom is 0.181 e. The standard InChI is InChI=1S/C29H32N8O/c1-36-9-11-37(12-10-36)29-23-15-26(33-25(23)7-8-31-29)27-24-14-20(17-32-28(24)35-34-27)19-13-22(18-30-16-19)38-21-5-3-2-4-6-21/h7-8,13-18,21,33H,2-6,9-12H2,1H3,(H,32,34,35). The van der Waals surface area contributed by atoms with Gasteiger partial charge >= 0.3 is 0 Å². The van der Waals surface area contributed by atoms with Crippen LogP contribution in [0.4, 0.5) is 5.82 Å². The van der Waals surface area contributed by atoms with Crippen molar-refractivity contribution in [1.29, 1.82) is 0 Å². The van der Waals surface area contributed by atoms with E-state index in [9.17, 15) is 0 Å². The highest BCUT2D eigenvalue weighted by Gasteiger charge is 2.20. The molecule has 0 atom stereocenters. The number of rotatable bonds is 5. The van der Waals surface area contributed by atoms with Gasteiger partial charge in [-0.15, -0.1) is 0 Å². The fraction of sp³-hybridized carbons (Fsp3) is 0.379. The van der Waals surface area contributed by atoms with Gasteiger partial charge in [0.25, 0.3) is 0 Å². The third-order valence-corrected chi connectivity index (χ3v) is 7.91. The molecule has 0 spiro atoms. The van der Waals surface area contributed by atoms with Gasteiger partial charge in [-0.2, -0.15) is 5.10 Å². The van der Waals surface area contributed by atoms with Crippen LogP contribution in [0, 0.1) is 0 Å². The molecule has 7 rings (SSSR count). The van der Waals surface area contributed by atoms with Gasteiger partial charge in [-0.3, -0.25) is 10.1 Å². The van der Waals surface area contributed by atoms with E-state index in [0.29, 0.717) is 5.65 Å². The molecule has 0 aromatic carbocycles.